The Kier molecular flexibility index (Phi) is 7.69. The highest BCUT2D eigenvalue weighted by molar-refractivity contribution is 8.00. The summed E-state index contributed by atoms with van der Waals surface area (Å²) in [5.74, 6) is 1.40. The number of anilines is 1. The molecule has 0 fully saturated rings. The lowest BCUT2D eigenvalue weighted by Crippen LogP contribution is -2.11. The normalized spacial score (nSPS) is 10.5. The lowest BCUT2D eigenvalue weighted by molar-refractivity contribution is -0.115. The van der Waals surface area contributed by atoms with Gasteiger partial charge in [-0.15, -0.1) is 22.0 Å². The molecule has 0 saturated carbocycles. The summed E-state index contributed by atoms with van der Waals surface area (Å²) in [5.41, 5.74) is 4.30. The van der Waals surface area contributed by atoms with E-state index in [1.165, 1.54) is 27.4 Å². The van der Waals surface area contributed by atoms with Gasteiger partial charge in [-0.2, -0.15) is 5.26 Å². The first-order valence-electron chi connectivity index (χ1n) is 8.99. The Bertz CT molecular complexity index is 1030. The van der Waals surface area contributed by atoms with Crippen LogP contribution in [0.3, 0.4) is 0 Å². The van der Waals surface area contributed by atoms with Crippen molar-refractivity contribution in [1.29, 1.82) is 5.26 Å². The highest BCUT2D eigenvalue weighted by atomic mass is 32.2. The number of aromatic nitrogens is 2. The molecule has 0 bridgehead atoms. The van der Waals surface area contributed by atoms with Crippen LogP contribution < -0.4 is 5.32 Å². The van der Waals surface area contributed by atoms with Crippen LogP contribution in [0.1, 0.15) is 28.7 Å². The largest absolute Gasteiger partial charge is 0.300 e. The number of nitriles is 1. The standard InChI is InChI=1S/C21H20N4OS3/c1-14-3-8-18(11-15(14)2)27-10-9-19(26)23-20-24-25-21(29-20)28-13-17-6-4-16(12-22)5-7-17/h3-8,11H,9-10,13H2,1-2H3,(H,23,24,26). The molecule has 1 heterocycles. The average Bonchev–Trinajstić information content (AvgIpc) is 3.16. The maximum Gasteiger partial charge on any atom is 0.227 e. The highest BCUT2D eigenvalue weighted by Gasteiger charge is 2.09. The summed E-state index contributed by atoms with van der Waals surface area (Å²) in [6.07, 6.45) is 0.422. The van der Waals surface area contributed by atoms with E-state index in [0.717, 1.165) is 15.7 Å². The number of aryl methyl sites for hydroxylation is 2. The molecule has 5 nitrogen and oxygen atoms in total. The number of nitrogens with zero attached hydrogens (tertiary/aromatic N) is 3. The van der Waals surface area contributed by atoms with E-state index in [9.17, 15) is 4.79 Å². The summed E-state index contributed by atoms with van der Waals surface area (Å²) in [7, 11) is 0. The van der Waals surface area contributed by atoms with E-state index < -0.39 is 0 Å². The first-order chi connectivity index (χ1) is 14.0. The number of carbonyl (C=O) groups excluding carboxylic acids is 1. The molecule has 1 amide bonds. The average molecular weight is 441 g/mol. The van der Waals surface area contributed by atoms with Gasteiger partial charge in [-0.3, -0.25) is 4.79 Å². The smallest absolute Gasteiger partial charge is 0.227 e. The van der Waals surface area contributed by atoms with Crippen molar-refractivity contribution >= 4 is 45.9 Å². The maximum absolute atomic E-state index is 12.2. The summed E-state index contributed by atoms with van der Waals surface area (Å²) in [6, 6.07) is 15.9. The van der Waals surface area contributed by atoms with Gasteiger partial charge in [-0.1, -0.05) is 41.3 Å². The third-order valence-corrected chi connectivity index (χ3v) is 7.21. The molecule has 0 atom stereocenters. The van der Waals surface area contributed by atoms with Gasteiger partial charge in [-0.05, 0) is 54.8 Å². The maximum atomic E-state index is 12.2. The van der Waals surface area contributed by atoms with E-state index in [4.69, 9.17) is 5.26 Å². The number of carbonyl (C=O) groups is 1. The van der Waals surface area contributed by atoms with Crippen molar-refractivity contribution < 1.29 is 4.79 Å². The van der Waals surface area contributed by atoms with Gasteiger partial charge in [0.25, 0.3) is 0 Å². The van der Waals surface area contributed by atoms with Gasteiger partial charge in [0.2, 0.25) is 11.0 Å². The fourth-order valence-corrected chi connectivity index (χ4v) is 5.06. The molecule has 148 valence electrons. The number of nitrogens with one attached hydrogen (secondary N) is 1. The van der Waals surface area contributed by atoms with Crippen LogP contribution in [0.4, 0.5) is 5.13 Å². The Labute approximate surface area is 182 Å². The van der Waals surface area contributed by atoms with Crippen LogP contribution >= 0.6 is 34.9 Å². The number of amides is 1. The zero-order valence-electron chi connectivity index (χ0n) is 16.1. The summed E-state index contributed by atoms with van der Waals surface area (Å²) in [5, 5.41) is 20.4. The number of benzene rings is 2. The van der Waals surface area contributed by atoms with E-state index in [1.54, 1.807) is 35.7 Å². The second kappa shape index (κ2) is 10.4. The second-order valence-corrected chi connectivity index (χ2v) is 9.73. The fourth-order valence-electron chi connectivity index (χ4n) is 2.39. The molecule has 0 unspecified atom stereocenters. The lowest BCUT2D eigenvalue weighted by Gasteiger charge is -2.05. The van der Waals surface area contributed by atoms with E-state index >= 15 is 0 Å². The van der Waals surface area contributed by atoms with Crippen molar-refractivity contribution in [2.75, 3.05) is 11.1 Å². The Balaban J connectivity index is 1.42. The van der Waals surface area contributed by atoms with Gasteiger partial charge in [0.05, 0.1) is 11.6 Å². The molecule has 0 aliphatic heterocycles. The number of rotatable bonds is 8. The molecule has 1 aromatic heterocycles. The molecular formula is C21H20N4OS3. The first-order valence-corrected chi connectivity index (χ1v) is 11.8. The zero-order valence-corrected chi connectivity index (χ0v) is 18.6. The molecule has 2 aromatic carbocycles. The third-order valence-electron chi connectivity index (χ3n) is 4.17. The summed E-state index contributed by atoms with van der Waals surface area (Å²) in [6.45, 7) is 4.19. The number of hydrogen-bond acceptors (Lipinski definition) is 7. The molecule has 3 rings (SSSR count). The Morgan fingerprint density at radius 2 is 1.90 bits per heavy atom. The van der Waals surface area contributed by atoms with E-state index in [0.29, 0.717) is 22.9 Å². The molecular weight excluding hydrogens is 420 g/mol. The van der Waals surface area contributed by atoms with Crippen LogP contribution in [0.5, 0.6) is 0 Å². The molecule has 0 saturated heterocycles. The minimum absolute atomic E-state index is 0.0545. The predicted octanol–water partition coefficient (Wildman–Crippen LogP) is 5.44. The Morgan fingerprint density at radius 3 is 2.62 bits per heavy atom. The number of thioether (sulfide) groups is 2. The van der Waals surface area contributed by atoms with Crippen molar-refractivity contribution in [3.8, 4) is 6.07 Å². The highest BCUT2D eigenvalue weighted by Crippen LogP contribution is 2.28. The van der Waals surface area contributed by atoms with Gasteiger partial charge in [0.1, 0.15) is 0 Å². The van der Waals surface area contributed by atoms with Crippen molar-refractivity contribution in [1.82, 2.24) is 10.2 Å². The lowest BCUT2D eigenvalue weighted by atomic mass is 10.1. The topological polar surface area (TPSA) is 78.7 Å². The minimum Gasteiger partial charge on any atom is -0.300 e. The molecule has 0 aliphatic rings. The van der Waals surface area contributed by atoms with Gasteiger partial charge in [0.15, 0.2) is 4.34 Å². The van der Waals surface area contributed by atoms with Crippen LogP contribution in [0, 0.1) is 25.2 Å². The fraction of sp³-hybridized carbons (Fsp3) is 0.238. The SMILES string of the molecule is Cc1ccc(SCCC(=O)Nc2nnc(SCc3ccc(C#N)cc3)s2)cc1C. The van der Waals surface area contributed by atoms with Crippen molar-refractivity contribution in [2.45, 2.75) is 35.3 Å². The van der Waals surface area contributed by atoms with Crippen LogP contribution in [0.2, 0.25) is 0 Å². The van der Waals surface area contributed by atoms with Crippen molar-refractivity contribution in [2.24, 2.45) is 0 Å². The van der Waals surface area contributed by atoms with Crippen molar-refractivity contribution in [3.05, 3.63) is 64.7 Å². The van der Waals surface area contributed by atoms with E-state index in [2.05, 4.69) is 53.6 Å². The Hall–Kier alpha value is -2.34. The van der Waals surface area contributed by atoms with Gasteiger partial charge >= 0.3 is 0 Å². The number of hydrogen-bond donors (Lipinski definition) is 1. The molecule has 3 aromatic rings. The van der Waals surface area contributed by atoms with Crippen LogP contribution in [-0.2, 0) is 10.5 Å². The zero-order chi connectivity index (χ0) is 20.6. The minimum atomic E-state index is -0.0545. The quantitative estimate of drug-likeness (QED) is 0.371. The van der Waals surface area contributed by atoms with Crippen molar-refractivity contribution in [3.63, 3.8) is 0 Å². The van der Waals surface area contributed by atoms with Crippen LogP contribution in [0.25, 0.3) is 0 Å². The Morgan fingerprint density at radius 1 is 1.10 bits per heavy atom. The molecule has 1 N–H and O–H groups in total. The van der Waals surface area contributed by atoms with Crippen LogP contribution in [-0.4, -0.2) is 21.9 Å². The van der Waals surface area contributed by atoms with E-state index in [1.807, 2.05) is 12.1 Å². The molecule has 0 aliphatic carbocycles. The van der Waals surface area contributed by atoms with Gasteiger partial charge < -0.3 is 5.32 Å². The molecule has 0 radical (unpaired) electrons. The second-order valence-electron chi connectivity index (χ2n) is 6.36. The third kappa shape index (κ3) is 6.60. The first kappa shape index (κ1) is 21.4. The van der Waals surface area contributed by atoms with Crippen LogP contribution in [0.15, 0.2) is 51.7 Å². The monoisotopic (exact) mass is 440 g/mol. The molecule has 0 spiro atoms. The van der Waals surface area contributed by atoms with Gasteiger partial charge in [-0.25, -0.2) is 0 Å². The van der Waals surface area contributed by atoms with E-state index in [-0.39, 0.29) is 5.91 Å². The predicted molar refractivity (Wildman–Crippen MR) is 121 cm³/mol. The summed E-state index contributed by atoms with van der Waals surface area (Å²) >= 11 is 4.61. The molecule has 8 heteroatoms. The van der Waals surface area contributed by atoms with Gasteiger partial charge in [0, 0.05) is 22.8 Å². The summed E-state index contributed by atoms with van der Waals surface area (Å²) in [4.78, 5) is 13.3. The summed E-state index contributed by atoms with van der Waals surface area (Å²) < 4.78 is 0.800. The molecule has 29 heavy (non-hydrogen) atoms.